The van der Waals surface area contributed by atoms with Crippen LogP contribution in [0.5, 0.6) is 0 Å². The van der Waals surface area contributed by atoms with E-state index in [1.807, 2.05) is 0 Å². The lowest BCUT2D eigenvalue weighted by Gasteiger charge is -2.20. The Hall–Kier alpha value is -1.84. The van der Waals surface area contributed by atoms with Crippen LogP contribution in [0.3, 0.4) is 0 Å². The van der Waals surface area contributed by atoms with Crippen LogP contribution in [0.4, 0.5) is 0 Å². The van der Waals surface area contributed by atoms with E-state index in [1.54, 1.807) is 0 Å². The Labute approximate surface area is 99.3 Å². The van der Waals surface area contributed by atoms with E-state index in [0.29, 0.717) is 5.01 Å². The van der Waals surface area contributed by atoms with Gasteiger partial charge in [-0.05, 0) is 0 Å². The Bertz CT molecular complexity index is 321. The third-order valence-electron chi connectivity index (χ3n) is 1.55. The summed E-state index contributed by atoms with van der Waals surface area (Å²) in [7, 11) is 0. The van der Waals surface area contributed by atoms with Crippen molar-refractivity contribution in [2.24, 2.45) is 5.29 Å². The Balaban J connectivity index is 4.47. The summed E-state index contributed by atoms with van der Waals surface area (Å²) in [5.41, 5.74) is 0. The molecule has 0 aliphatic carbocycles. The van der Waals surface area contributed by atoms with Gasteiger partial charge in [-0.2, -0.15) is 0 Å². The number of carbonyl (C=O) groups is 3. The van der Waals surface area contributed by atoms with Crippen molar-refractivity contribution in [2.45, 2.75) is 6.04 Å². The van der Waals surface area contributed by atoms with Crippen molar-refractivity contribution in [3.05, 3.63) is 4.91 Å². The fraction of sp³-hybridized carbons (Fsp3) is 0.571. The molecule has 0 aliphatic rings. The lowest BCUT2D eigenvalue weighted by atomic mass is 10.3. The van der Waals surface area contributed by atoms with Gasteiger partial charge in [-0.15, -0.1) is 16.7 Å². The van der Waals surface area contributed by atoms with Crippen LogP contribution in [0.25, 0.3) is 0 Å². The number of nitrogens with zero attached hydrogens (tertiary/aromatic N) is 2. The molecule has 0 bridgehead atoms. The molecule has 0 aromatic heterocycles. The number of carboxylic acid groups (broad SMARTS) is 3. The molecule has 0 unspecified atom stereocenters. The van der Waals surface area contributed by atoms with Crippen molar-refractivity contribution in [1.29, 1.82) is 0 Å². The average Bonchev–Trinajstić information content (AvgIpc) is 2.20. The van der Waals surface area contributed by atoms with Crippen LogP contribution >= 0.6 is 11.8 Å². The Morgan fingerprint density at radius 3 is 2.12 bits per heavy atom. The zero-order valence-electron chi connectivity index (χ0n) is 8.48. The van der Waals surface area contributed by atoms with E-state index in [2.05, 4.69) is 5.29 Å². The van der Waals surface area contributed by atoms with Gasteiger partial charge in [0, 0.05) is 5.75 Å². The molecule has 17 heavy (non-hydrogen) atoms. The number of carboxylic acids is 3. The molecule has 0 heterocycles. The molecular formula is C7H10N2O7S. The van der Waals surface area contributed by atoms with Gasteiger partial charge in [0.05, 0.1) is 11.0 Å². The van der Waals surface area contributed by atoms with Crippen LogP contribution < -0.4 is 0 Å². The molecular weight excluding hydrogens is 256 g/mol. The fourth-order valence-corrected chi connectivity index (χ4v) is 1.71. The van der Waals surface area contributed by atoms with Gasteiger partial charge in [0.15, 0.2) is 6.04 Å². The molecule has 0 saturated carbocycles. The molecule has 0 amide bonds. The van der Waals surface area contributed by atoms with Gasteiger partial charge < -0.3 is 15.3 Å². The van der Waals surface area contributed by atoms with E-state index in [-0.39, 0.29) is 11.5 Å². The first kappa shape index (κ1) is 15.2. The van der Waals surface area contributed by atoms with E-state index < -0.39 is 30.5 Å². The van der Waals surface area contributed by atoms with Gasteiger partial charge in [0.1, 0.15) is 6.54 Å². The van der Waals surface area contributed by atoms with E-state index in [9.17, 15) is 19.3 Å². The molecule has 96 valence electrons. The van der Waals surface area contributed by atoms with Crippen LogP contribution in [0.2, 0.25) is 0 Å². The topological polar surface area (TPSA) is 145 Å². The normalized spacial score (nSPS) is 11.5. The first-order valence-electron chi connectivity index (χ1n) is 4.22. The van der Waals surface area contributed by atoms with Crippen LogP contribution in [-0.4, -0.2) is 62.3 Å². The minimum atomic E-state index is -1.46. The van der Waals surface area contributed by atoms with Gasteiger partial charge in [0.2, 0.25) is 0 Å². The Kier molecular flexibility index (Phi) is 6.63. The number of rotatable bonds is 9. The molecule has 0 spiro atoms. The third-order valence-corrected chi connectivity index (χ3v) is 2.55. The number of nitroso groups, excluding NO2 is 1. The number of hydrogen-bond donors (Lipinski definition) is 3. The first-order valence-corrected chi connectivity index (χ1v) is 5.38. The SMILES string of the molecule is O=NN(CC(=O)O)[C@@H](CSCC(=O)O)C(=O)O. The second kappa shape index (κ2) is 7.44. The van der Waals surface area contributed by atoms with Gasteiger partial charge >= 0.3 is 17.9 Å². The van der Waals surface area contributed by atoms with E-state index >= 15 is 0 Å². The number of aliphatic carboxylic acids is 3. The van der Waals surface area contributed by atoms with E-state index in [4.69, 9.17) is 15.3 Å². The van der Waals surface area contributed by atoms with Crippen LogP contribution in [-0.2, 0) is 14.4 Å². The highest BCUT2D eigenvalue weighted by Crippen LogP contribution is 2.10. The minimum Gasteiger partial charge on any atom is -0.481 e. The smallest absolute Gasteiger partial charge is 0.329 e. The summed E-state index contributed by atoms with van der Waals surface area (Å²) in [5.74, 6) is -4.57. The monoisotopic (exact) mass is 266 g/mol. The van der Waals surface area contributed by atoms with Crippen molar-refractivity contribution in [1.82, 2.24) is 5.01 Å². The van der Waals surface area contributed by atoms with Gasteiger partial charge in [-0.1, -0.05) is 0 Å². The van der Waals surface area contributed by atoms with Crippen molar-refractivity contribution >= 4 is 29.7 Å². The zero-order valence-corrected chi connectivity index (χ0v) is 9.29. The highest BCUT2D eigenvalue weighted by Gasteiger charge is 2.27. The van der Waals surface area contributed by atoms with E-state index in [1.165, 1.54) is 0 Å². The molecule has 0 aliphatic heterocycles. The summed E-state index contributed by atoms with van der Waals surface area (Å²) in [6.07, 6.45) is 0. The molecule has 1 atom stereocenters. The lowest BCUT2D eigenvalue weighted by molar-refractivity contribution is -0.145. The van der Waals surface area contributed by atoms with Crippen LogP contribution in [0.15, 0.2) is 5.29 Å². The molecule has 0 rings (SSSR count). The lowest BCUT2D eigenvalue weighted by Crippen LogP contribution is -2.42. The quantitative estimate of drug-likeness (QED) is 0.365. The summed E-state index contributed by atoms with van der Waals surface area (Å²) < 4.78 is 0. The van der Waals surface area contributed by atoms with Gasteiger partial charge in [-0.25, -0.2) is 9.80 Å². The average molecular weight is 266 g/mol. The molecule has 9 nitrogen and oxygen atoms in total. The summed E-state index contributed by atoms with van der Waals surface area (Å²) in [5, 5.41) is 28.2. The standard InChI is InChI=1S/C7H10N2O7S/c10-5(11)1-9(8-16)4(7(14)15)2-17-3-6(12)13/h4H,1-3H2,(H,10,11)(H,12,13)(H,14,15)/t4-/m0/s1. The van der Waals surface area contributed by atoms with Crippen molar-refractivity contribution < 1.29 is 29.7 Å². The van der Waals surface area contributed by atoms with Crippen LogP contribution in [0, 0.1) is 4.91 Å². The first-order chi connectivity index (χ1) is 7.88. The number of thioether (sulfide) groups is 1. The third kappa shape index (κ3) is 6.35. The zero-order chi connectivity index (χ0) is 13.4. The summed E-state index contributed by atoms with van der Waals surface area (Å²) in [6.45, 7) is -0.853. The van der Waals surface area contributed by atoms with Crippen molar-refractivity contribution in [3.63, 3.8) is 0 Å². The van der Waals surface area contributed by atoms with E-state index in [0.717, 1.165) is 11.8 Å². The second-order valence-corrected chi connectivity index (χ2v) is 3.87. The molecule has 0 saturated heterocycles. The van der Waals surface area contributed by atoms with Crippen molar-refractivity contribution in [2.75, 3.05) is 18.1 Å². The summed E-state index contributed by atoms with van der Waals surface area (Å²) in [4.78, 5) is 41.6. The largest absolute Gasteiger partial charge is 0.481 e. The second-order valence-electron chi connectivity index (χ2n) is 2.84. The maximum Gasteiger partial charge on any atom is 0.329 e. The highest BCUT2D eigenvalue weighted by molar-refractivity contribution is 8.00. The Morgan fingerprint density at radius 1 is 1.18 bits per heavy atom. The molecule has 0 aromatic carbocycles. The number of hydrogen-bond acceptors (Lipinski definition) is 6. The van der Waals surface area contributed by atoms with Crippen LogP contribution in [0.1, 0.15) is 0 Å². The molecule has 0 fully saturated rings. The fourth-order valence-electron chi connectivity index (χ4n) is 0.877. The molecule has 0 aromatic rings. The minimum absolute atomic E-state index is 0.249. The highest BCUT2D eigenvalue weighted by atomic mass is 32.2. The summed E-state index contributed by atoms with van der Waals surface area (Å²) >= 11 is 0.755. The molecule has 0 radical (unpaired) electrons. The van der Waals surface area contributed by atoms with Gasteiger partial charge in [-0.3, -0.25) is 9.59 Å². The Morgan fingerprint density at radius 2 is 1.76 bits per heavy atom. The maximum absolute atomic E-state index is 10.8. The predicted molar refractivity (Wildman–Crippen MR) is 56.5 cm³/mol. The predicted octanol–water partition coefficient (Wildman–Crippen LogP) is -0.675. The maximum atomic E-state index is 10.8. The summed E-state index contributed by atoms with van der Waals surface area (Å²) in [6, 6.07) is -1.46. The van der Waals surface area contributed by atoms with Gasteiger partial charge in [0.25, 0.3) is 0 Å². The molecule has 10 heteroatoms. The molecule has 3 N–H and O–H groups in total. The van der Waals surface area contributed by atoms with Crippen molar-refractivity contribution in [3.8, 4) is 0 Å².